The average Bonchev–Trinajstić information content (AvgIpc) is 3.29. The molecule has 150 valence electrons. The second-order valence-corrected chi connectivity index (χ2v) is 7.87. The van der Waals surface area contributed by atoms with Crippen molar-refractivity contribution in [2.75, 3.05) is 13.7 Å². The largest absolute Gasteiger partial charge is 0.443 e. The van der Waals surface area contributed by atoms with Gasteiger partial charge in [-0.25, -0.2) is 4.98 Å². The fraction of sp³-hybridized carbons (Fsp3) is 0.524. The number of hydrogen-bond donors (Lipinski definition) is 2. The van der Waals surface area contributed by atoms with Crippen molar-refractivity contribution in [3.05, 3.63) is 42.4 Å². The van der Waals surface area contributed by atoms with Gasteiger partial charge in [0.2, 0.25) is 0 Å². The van der Waals surface area contributed by atoms with E-state index in [2.05, 4.69) is 20.6 Å². The third kappa shape index (κ3) is 3.12. The van der Waals surface area contributed by atoms with E-state index in [1.165, 1.54) is 25.7 Å². The summed E-state index contributed by atoms with van der Waals surface area (Å²) in [5.41, 5.74) is 2.26. The van der Waals surface area contributed by atoms with Crippen molar-refractivity contribution in [2.24, 2.45) is 16.3 Å². The van der Waals surface area contributed by atoms with Gasteiger partial charge in [-0.1, -0.05) is 36.8 Å². The van der Waals surface area contributed by atoms with E-state index in [0.29, 0.717) is 30.0 Å². The zero-order valence-electron chi connectivity index (χ0n) is 16.1. The first-order valence-corrected chi connectivity index (χ1v) is 9.88. The second kappa shape index (κ2) is 8.02. The van der Waals surface area contributed by atoms with Crippen LogP contribution in [0, 0.1) is 11.3 Å². The zero-order chi connectivity index (χ0) is 18.3. The number of nitrogens with zero attached hydrogens (tertiary/aromatic N) is 2. The van der Waals surface area contributed by atoms with Gasteiger partial charge in [0, 0.05) is 36.6 Å². The molecule has 7 heteroatoms. The van der Waals surface area contributed by atoms with Gasteiger partial charge < -0.3 is 19.8 Å². The number of hydrogen-bond acceptors (Lipinski definition) is 4. The van der Waals surface area contributed by atoms with Crippen molar-refractivity contribution in [1.29, 1.82) is 0 Å². The Morgan fingerprint density at radius 2 is 2.11 bits per heavy atom. The van der Waals surface area contributed by atoms with Gasteiger partial charge in [0.1, 0.15) is 5.69 Å². The molecule has 0 bridgehead atoms. The van der Waals surface area contributed by atoms with Gasteiger partial charge in [-0.15, -0.1) is 24.0 Å². The summed E-state index contributed by atoms with van der Waals surface area (Å²) in [4.78, 5) is 8.83. The topological polar surface area (TPSA) is 71.7 Å². The molecule has 3 unspecified atom stereocenters. The predicted molar refractivity (Wildman–Crippen MR) is 119 cm³/mol. The Hall–Kier alpha value is -1.61. The van der Waals surface area contributed by atoms with E-state index in [1.807, 2.05) is 37.4 Å². The fourth-order valence-corrected chi connectivity index (χ4v) is 5.18. The lowest BCUT2D eigenvalue weighted by Crippen LogP contribution is -2.72. The summed E-state index contributed by atoms with van der Waals surface area (Å²) in [5, 5.41) is 7.11. The van der Waals surface area contributed by atoms with Gasteiger partial charge >= 0.3 is 0 Å². The molecule has 5 rings (SSSR count). The van der Waals surface area contributed by atoms with Crippen LogP contribution in [-0.4, -0.2) is 36.7 Å². The lowest BCUT2D eigenvalue weighted by atomic mass is 9.46. The first-order chi connectivity index (χ1) is 13.3. The highest BCUT2D eigenvalue weighted by Gasteiger charge is 2.66. The molecule has 6 nitrogen and oxygen atoms in total. The van der Waals surface area contributed by atoms with E-state index in [4.69, 9.17) is 9.15 Å². The van der Waals surface area contributed by atoms with Crippen molar-refractivity contribution >= 4 is 29.9 Å². The molecule has 3 atom stereocenters. The van der Waals surface area contributed by atoms with Gasteiger partial charge in [0.15, 0.2) is 18.1 Å². The molecule has 2 saturated carbocycles. The van der Waals surface area contributed by atoms with Crippen LogP contribution in [0.1, 0.15) is 31.4 Å². The molecule has 1 aromatic heterocycles. The van der Waals surface area contributed by atoms with Crippen LogP contribution in [0.2, 0.25) is 0 Å². The molecule has 1 aromatic carbocycles. The third-order valence-corrected chi connectivity index (χ3v) is 6.65. The second-order valence-electron chi connectivity index (χ2n) is 7.87. The Kier molecular flexibility index (Phi) is 5.64. The third-order valence-electron chi connectivity index (χ3n) is 6.65. The zero-order valence-corrected chi connectivity index (χ0v) is 18.4. The molecule has 3 fully saturated rings. The number of guanidine groups is 1. The number of halogens is 1. The smallest absolute Gasteiger partial charge is 0.191 e. The predicted octanol–water partition coefficient (Wildman–Crippen LogP) is 3.58. The van der Waals surface area contributed by atoms with Gasteiger partial charge in [-0.05, 0) is 19.3 Å². The van der Waals surface area contributed by atoms with E-state index in [-0.39, 0.29) is 24.0 Å². The van der Waals surface area contributed by atoms with Gasteiger partial charge in [0.05, 0.1) is 12.6 Å². The van der Waals surface area contributed by atoms with Crippen LogP contribution in [0.4, 0.5) is 0 Å². The first-order valence-electron chi connectivity index (χ1n) is 9.88. The molecule has 1 saturated heterocycles. The Bertz CT molecular complexity index is 834. The molecule has 2 aliphatic carbocycles. The quantitative estimate of drug-likeness (QED) is 0.387. The summed E-state index contributed by atoms with van der Waals surface area (Å²) in [6.07, 6.45) is 6.97. The summed E-state index contributed by atoms with van der Waals surface area (Å²) in [5.74, 6) is 2.26. The van der Waals surface area contributed by atoms with E-state index in [0.717, 1.165) is 36.0 Å². The number of nitrogens with one attached hydrogen (secondary N) is 2. The summed E-state index contributed by atoms with van der Waals surface area (Å²) < 4.78 is 11.6. The molecule has 0 radical (unpaired) electrons. The number of aromatic nitrogens is 1. The Morgan fingerprint density at radius 3 is 2.82 bits per heavy atom. The minimum absolute atomic E-state index is 0. The molecule has 1 aliphatic heterocycles. The highest BCUT2D eigenvalue weighted by Crippen LogP contribution is 2.62. The maximum Gasteiger partial charge on any atom is 0.191 e. The summed E-state index contributed by atoms with van der Waals surface area (Å²) in [7, 11) is 1.82. The summed E-state index contributed by atoms with van der Waals surface area (Å²) in [6, 6.07) is 10.5. The summed E-state index contributed by atoms with van der Waals surface area (Å²) >= 11 is 0. The van der Waals surface area contributed by atoms with E-state index in [1.54, 1.807) is 0 Å². The van der Waals surface area contributed by atoms with Crippen LogP contribution >= 0.6 is 24.0 Å². The summed E-state index contributed by atoms with van der Waals surface area (Å²) in [6.45, 7) is 1.48. The van der Waals surface area contributed by atoms with Crippen LogP contribution in [0.15, 0.2) is 46.1 Å². The maximum atomic E-state index is 6.02. The average molecular weight is 494 g/mol. The number of ether oxygens (including phenoxy) is 1. The molecular formula is C21H27IN4O2. The molecular weight excluding hydrogens is 467 g/mol. The standard InChI is InChI=1S/C21H26N4O2.HI/c1-22-20(25-18-15-8-11-26-19(15)21(18)9-5-10-21)23-12-16-17(27-13-24-16)14-6-3-2-4-7-14;/h2-4,6-7,13,15,18-19H,5,8-12H2,1H3,(H2,22,23,25);1H. The number of oxazole rings is 1. The number of fused-ring (bicyclic) bond motifs is 2. The molecule has 2 heterocycles. The van der Waals surface area contributed by atoms with Crippen molar-refractivity contribution < 1.29 is 9.15 Å². The molecule has 0 amide bonds. The van der Waals surface area contributed by atoms with E-state index >= 15 is 0 Å². The Labute approximate surface area is 182 Å². The minimum Gasteiger partial charge on any atom is -0.443 e. The van der Waals surface area contributed by atoms with Crippen LogP contribution in [0.3, 0.4) is 0 Å². The molecule has 1 spiro atoms. The molecule has 28 heavy (non-hydrogen) atoms. The first kappa shape index (κ1) is 19.7. The van der Waals surface area contributed by atoms with Crippen LogP contribution in [0.25, 0.3) is 11.3 Å². The van der Waals surface area contributed by atoms with Crippen LogP contribution in [0.5, 0.6) is 0 Å². The van der Waals surface area contributed by atoms with Gasteiger partial charge in [-0.2, -0.15) is 0 Å². The van der Waals surface area contributed by atoms with Crippen LogP contribution < -0.4 is 10.6 Å². The van der Waals surface area contributed by atoms with Gasteiger partial charge in [-0.3, -0.25) is 4.99 Å². The number of rotatable bonds is 4. The lowest BCUT2D eigenvalue weighted by molar-refractivity contribution is -0.171. The maximum absolute atomic E-state index is 6.02. The number of benzene rings is 1. The van der Waals surface area contributed by atoms with Crippen molar-refractivity contribution in [2.45, 2.75) is 44.4 Å². The SMILES string of the molecule is CN=C(NCc1ncoc1-c1ccccc1)NC1C2CCOC2C12CCC2.I. The fourth-order valence-electron chi connectivity index (χ4n) is 5.18. The van der Waals surface area contributed by atoms with Crippen LogP contribution in [-0.2, 0) is 11.3 Å². The molecule has 2 N–H and O–H groups in total. The normalized spacial score (nSPS) is 27.3. The Morgan fingerprint density at radius 1 is 1.29 bits per heavy atom. The van der Waals surface area contributed by atoms with Gasteiger partial charge in [0.25, 0.3) is 0 Å². The van der Waals surface area contributed by atoms with Crippen molar-refractivity contribution in [3.63, 3.8) is 0 Å². The monoisotopic (exact) mass is 494 g/mol. The van der Waals surface area contributed by atoms with Crippen molar-refractivity contribution in [3.8, 4) is 11.3 Å². The minimum atomic E-state index is 0. The molecule has 2 aromatic rings. The Balaban J connectivity index is 0.00000192. The van der Waals surface area contributed by atoms with E-state index < -0.39 is 0 Å². The highest BCUT2D eigenvalue weighted by atomic mass is 127. The lowest BCUT2D eigenvalue weighted by Gasteiger charge is -2.63. The highest BCUT2D eigenvalue weighted by molar-refractivity contribution is 14.0. The van der Waals surface area contributed by atoms with Crippen molar-refractivity contribution in [1.82, 2.24) is 15.6 Å². The van der Waals surface area contributed by atoms with E-state index in [9.17, 15) is 0 Å². The molecule has 3 aliphatic rings. The number of aliphatic imine (C=N–C) groups is 1.